The maximum absolute atomic E-state index is 9.38. The van der Waals surface area contributed by atoms with Crippen LogP contribution in [0.15, 0.2) is 18.2 Å². The van der Waals surface area contributed by atoms with E-state index >= 15 is 0 Å². The largest absolute Gasteiger partial charge is 0.396 e. The molecule has 0 aliphatic carbocycles. The number of piperidine rings is 1. The molecular weight excluding hydrogens is 222 g/mol. The lowest BCUT2D eigenvalue weighted by Gasteiger charge is -2.36. The smallest absolute Gasteiger partial charge is 0.0476 e. The third-order valence-corrected chi connectivity index (χ3v) is 3.98. The van der Waals surface area contributed by atoms with E-state index in [0.29, 0.717) is 18.4 Å². The second-order valence-electron chi connectivity index (χ2n) is 5.80. The van der Waals surface area contributed by atoms with Gasteiger partial charge in [0.05, 0.1) is 0 Å². The van der Waals surface area contributed by atoms with Crippen molar-refractivity contribution in [3.63, 3.8) is 0 Å². The molecule has 0 radical (unpaired) electrons. The molecule has 1 atom stereocenters. The Bertz CT molecular complexity index is 400. The fourth-order valence-electron chi connectivity index (χ4n) is 3.00. The van der Waals surface area contributed by atoms with Crippen LogP contribution in [0.5, 0.6) is 0 Å². The number of aliphatic hydroxyl groups is 1. The van der Waals surface area contributed by atoms with Crippen LogP contribution in [0, 0.1) is 12.8 Å². The van der Waals surface area contributed by atoms with E-state index in [1.807, 2.05) is 0 Å². The van der Waals surface area contributed by atoms with E-state index in [0.717, 1.165) is 19.5 Å². The van der Waals surface area contributed by atoms with E-state index < -0.39 is 0 Å². The number of rotatable bonds is 3. The summed E-state index contributed by atoms with van der Waals surface area (Å²) in [5.41, 5.74) is 4.21. The monoisotopic (exact) mass is 247 g/mol. The highest BCUT2D eigenvalue weighted by atomic mass is 16.3. The summed E-state index contributed by atoms with van der Waals surface area (Å²) < 4.78 is 0. The first-order valence-corrected chi connectivity index (χ1v) is 7.08. The zero-order valence-electron chi connectivity index (χ0n) is 11.8. The Morgan fingerprint density at radius 1 is 1.39 bits per heavy atom. The van der Waals surface area contributed by atoms with E-state index in [4.69, 9.17) is 0 Å². The van der Waals surface area contributed by atoms with Crippen LogP contribution in [-0.4, -0.2) is 24.8 Å². The summed E-state index contributed by atoms with van der Waals surface area (Å²) in [6.45, 7) is 9.16. The van der Waals surface area contributed by atoms with Crippen LogP contribution in [0.1, 0.15) is 43.7 Å². The van der Waals surface area contributed by atoms with E-state index in [9.17, 15) is 5.11 Å². The Kier molecular flexibility index (Phi) is 4.28. The molecule has 18 heavy (non-hydrogen) atoms. The molecule has 100 valence electrons. The molecule has 1 aliphatic heterocycles. The summed E-state index contributed by atoms with van der Waals surface area (Å²) in [6.07, 6.45) is 2.35. The fourth-order valence-corrected chi connectivity index (χ4v) is 3.00. The molecule has 0 aromatic heterocycles. The first-order chi connectivity index (χ1) is 8.63. The van der Waals surface area contributed by atoms with Crippen LogP contribution >= 0.6 is 0 Å². The number of hydrogen-bond acceptors (Lipinski definition) is 2. The van der Waals surface area contributed by atoms with Crippen LogP contribution in [0.2, 0.25) is 0 Å². The van der Waals surface area contributed by atoms with Crippen molar-refractivity contribution in [1.29, 1.82) is 0 Å². The van der Waals surface area contributed by atoms with Gasteiger partial charge in [0.1, 0.15) is 0 Å². The summed E-state index contributed by atoms with van der Waals surface area (Å²) in [5, 5.41) is 9.38. The summed E-state index contributed by atoms with van der Waals surface area (Å²) in [5.74, 6) is 0.993. The van der Waals surface area contributed by atoms with E-state index in [1.54, 1.807) is 0 Å². The van der Waals surface area contributed by atoms with Gasteiger partial charge in [-0.3, -0.25) is 0 Å². The van der Waals surface area contributed by atoms with Gasteiger partial charge in [0.2, 0.25) is 0 Å². The first-order valence-electron chi connectivity index (χ1n) is 7.08. The number of aryl methyl sites for hydroxylation is 1. The molecule has 2 heteroatoms. The molecule has 1 unspecified atom stereocenters. The molecule has 0 spiro atoms. The molecule has 2 rings (SSSR count). The van der Waals surface area contributed by atoms with Crippen molar-refractivity contribution in [3.8, 4) is 0 Å². The van der Waals surface area contributed by atoms with Gasteiger partial charge in [0.25, 0.3) is 0 Å². The average molecular weight is 247 g/mol. The van der Waals surface area contributed by atoms with Gasteiger partial charge in [0.15, 0.2) is 0 Å². The highest BCUT2D eigenvalue weighted by Crippen LogP contribution is 2.33. The van der Waals surface area contributed by atoms with E-state index in [1.165, 1.54) is 23.2 Å². The van der Waals surface area contributed by atoms with Crippen LogP contribution in [0.3, 0.4) is 0 Å². The lowest BCUT2D eigenvalue weighted by atomic mass is 9.93. The molecule has 1 aromatic carbocycles. The van der Waals surface area contributed by atoms with Crippen LogP contribution in [0.25, 0.3) is 0 Å². The minimum atomic E-state index is 0.319. The van der Waals surface area contributed by atoms with E-state index in [2.05, 4.69) is 43.9 Å². The van der Waals surface area contributed by atoms with Crippen molar-refractivity contribution < 1.29 is 5.11 Å². The van der Waals surface area contributed by atoms with Gasteiger partial charge >= 0.3 is 0 Å². The third kappa shape index (κ3) is 2.69. The molecule has 1 aromatic rings. The highest BCUT2D eigenvalue weighted by molar-refractivity contribution is 5.60. The van der Waals surface area contributed by atoms with Crippen LogP contribution in [0.4, 0.5) is 5.69 Å². The SMILES string of the molecule is Cc1cccc(C(C)C)c1N1CCCC(CO)C1. The van der Waals surface area contributed by atoms with Crippen molar-refractivity contribution in [2.75, 3.05) is 24.6 Å². The Balaban J connectivity index is 2.31. The van der Waals surface area contributed by atoms with E-state index in [-0.39, 0.29) is 0 Å². The zero-order chi connectivity index (χ0) is 13.1. The second-order valence-corrected chi connectivity index (χ2v) is 5.80. The molecule has 1 saturated heterocycles. The average Bonchev–Trinajstić information content (AvgIpc) is 2.38. The first kappa shape index (κ1) is 13.4. The fraction of sp³-hybridized carbons (Fsp3) is 0.625. The normalized spacial score (nSPS) is 20.5. The van der Waals surface area contributed by atoms with Gasteiger partial charge < -0.3 is 10.0 Å². The Hall–Kier alpha value is -1.02. The van der Waals surface area contributed by atoms with Crippen molar-refractivity contribution >= 4 is 5.69 Å². The van der Waals surface area contributed by atoms with Gasteiger partial charge in [-0.05, 0) is 42.7 Å². The summed E-state index contributed by atoms with van der Waals surface area (Å²) in [7, 11) is 0. The van der Waals surface area contributed by atoms with Crippen molar-refractivity contribution in [1.82, 2.24) is 0 Å². The molecule has 1 aliphatic rings. The summed E-state index contributed by atoms with van der Waals surface area (Å²) in [6, 6.07) is 6.60. The molecule has 1 heterocycles. The highest BCUT2D eigenvalue weighted by Gasteiger charge is 2.22. The molecule has 1 fully saturated rings. The predicted octanol–water partition coefficient (Wildman–Crippen LogP) is 3.33. The quantitative estimate of drug-likeness (QED) is 0.885. The Morgan fingerprint density at radius 2 is 2.17 bits per heavy atom. The standard InChI is InChI=1S/C16H25NO/c1-12(2)15-8-4-6-13(3)16(15)17-9-5-7-14(10-17)11-18/h4,6,8,12,14,18H,5,7,9-11H2,1-3H3. The van der Waals surface area contributed by atoms with Crippen molar-refractivity contribution in [2.24, 2.45) is 5.92 Å². The minimum Gasteiger partial charge on any atom is -0.396 e. The van der Waals surface area contributed by atoms with Crippen molar-refractivity contribution in [3.05, 3.63) is 29.3 Å². The molecule has 0 saturated carbocycles. The van der Waals surface area contributed by atoms with Gasteiger partial charge in [-0.1, -0.05) is 32.0 Å². The topological polar surface area (TPSA) is 23.5 Å². The predicted molar refractivity (Wildman–Crippen MR) is 77.3 cm³/mol. The summed E-state index contributed by atoms with van der Waals surface area (Å²) in [4.78, 5) is 2.48. The number of aliphatic hydroxyl groups excluding tert-OH is 1. The van der Waals surface area contributed by atoms with Crippen LogP contribution in [-0.2, 0) is 0 Å². The molecule has 2 nitrogen and oxygen atoms in total. The lowest BCUT2D eigenvalue weighted by Crippen LogP contribution is -2.37. The number of para-hydroxylation sites is 1. The number of nitrogens with zero attached hydrogens (tertiary/aromatic N) is 1. The Morgan fingerprint density at radius 3 is 2.83 bits per heavy atom. The molecule has 0 bridgehead atoms. The second kappa shape index (κ2) is 5.75. The third-order valence-electron chi connectivity index (χ3n) is 3.98. The zero-order valence-corrected chi connectivity index (χ0v) is 11.8. The van der Waals surface area contributed by atoms with Gasteiger partial charge in [-0.15, -0.1) is 0 Å². The number of anilines is 1. The minimum absolute atomic E-state index is 0.319. The lowest BCUT2D eigenvalue weighted by molar-refractivity contribution is 0.208. The van der Waals surface area contributed by atoms with Crippen molar-refractivity contribution in [2.45, 2.75) is 39.5 Å². The maximum atomic E-state index is 9.38. The number of hydrogen-bond donors (Lipinski definition) is 1. The molecular formula is C16H25NO. The molecule has 1 N–H and O–H groups in total. The number of benzene rings is 1. The Labute approximate surface area is 111 Å². The van der Waals surface area contributed by atoms with Gasteiger partial charge in [-0.25, -0.2) is 0 Å². The van der Waals surface area contributed by atoms with Gasteiger partial charge in [-0.2, -0.15) is 0 Å². The van der Waals surface area contributed by atoms with Gasteiger partial charge in [0, 0.05) is 25.4 Å². The maximum Gasteiger partial charge on any atom is 0.0476 e. The molecule has 0 amide bonds. The van der Waals surface area contributed by atoms with Crippen LogP contribution < -0.4 is 4.90 Å². The summed E-state index contributed by atoms with van der Waals surface area (Å²) >= 11 is 0.